The summed E-state index contributed by atoms with van der Waals surface area (Å²) in [6.07, 6.45) is 0. The highest BCUT2D eigenvalue weighted by molar-refractivity contribution is 5.94. The second-order valence-corrected chi connectivity index (χ2v) is 7.56. The Morgan fingerprint density at radius 2 is 1.65 bits per heavy atom. The van der Waals surface area contributed by atoms with Crippen molar-refractivity contribution >= 4 is 5.91 Å². The van der Waals surface area contributed by atoms with Gasteiger partial charge in [0.2, 0.25) is 0 Å². The number of amides is 1. The molecular formula is C24H28N2O5. The minimum atomic E-state index is -0.0667. The van der Waals surface area contributed by atoms with E-state index >= 15 is 0 Å². The van der Waals surface area contributed by atoms with Gasteiger partial charge in [0.1, 0.15) is 22.9 Å². The van der Waals surface area contributed by atoms with Gasteiger partial charge in [0.15, 0.2) is 5.76 Å². The predicted octanol–water partition coefficient (Wildman–Crippen LogP) is 4.67. The number of aromatic nitrogens is 1. The molecule has 0 saturated heterocycles. The number of benzene rings is 2. The first-order valence-corrected chi connectivity index (χ1v) is 10.1. The monoisotopic (exact) mass is 424 g/mol. The smallest absolute Gasteiger partial charge is 0.254 e. The Kier molecular flexibility index (Phi) is 7.18. The Morgan fingerprint density at radius 1 is 0.968 bits per heavy atom. The summed E-state index contributed by atoms with van der Waals surface area (Å²) in [4.78, 5) is 14.9. The van der Waals surface area contributed by atoms with Crippen molar-refractivity contribution in [2.45, 2.75) is 20.4 Å². The predicted molar refractivity (Wildman–Crippen MR) is 118 cm³/mol. The lowest BCUT2D eigenvalue weighted by molar-refractivity contribution is 0.0718. The van der Waals surface area contributed by atoms with Crippen LogP contribution in [0.5, 0.6) is 17.2 Å². The van der Waals surface area contributed by atoms with Crippen LogP contribution in [-0.4, -0.2) is 43.8 Å². The molecule has 0 bridgehead atoms. The minimum absolute atomic E-state index is 0.0667. The first-order valence-electron chi connectivity index (χ1n) is 10.1. The van der Waals surface area contributed by atoms with E-state index in [1.54, 1.807) is 56.6 Å². The van der Waals surface area contributed by atoms with Crippen LogP contribution in [0.15, 0.2) is 53.1 Å². The summed E-state index contributed by atoms with van der Waals surface area (Å²) in [7, 11) is 4.79. The molecule has 0 aliphatic rings. The topological polar surface area (TPSA) is 74.0 Å². The van der Waals surface area contributed by atoms with E-state index in [1.165, 1.54) is 0 Å². The van der Waals surface area contributed by atoms with Crippen LogP contribution in [0.1, 0.15) is 29.9 Å². The third-order valence-corrected chi connectivity index (χ3v) is 4.80. The molecule has 164 valence electrons. The lowest BCUT2D eigenvalue weighted by Crippen LogP contribution is -2.33. The fourth-order valence-electron chi connectivity index (χ4n) is 3.29. The highest BCUT2D eigenvalue weighted by atomic mass is 16.5. The summed E-state index contributed by atoms with van der Waals surface area (Å²) < 4.78 is 21.5. The Balaban J connectivity index is 1.83. The molecule has 0 aliphatic heterocycles. The fraction of sp³-hybridized carbons (Fsp3) is 0.333. The average Bonchev–Trinajstić information content (AvgIpc) is 3.25. The molecule has 0 unspecified atom stereocenters. The van der Waals surface area contributed by atoms with E-state index in [1.807, 2.05) is 18.2 Å². The van der Waals surface area contributed by atoms with Crippen molar-refractivity contribution in [1.29, 1.82) is 0 Å². The average molecular weight is 424 g/mol. The largest absolute Gasteiger partial charge is 0.497 e. The van der Waals surface area contributed by atoms with Gasteiger partial charge >= 0.3 is 0 Å². The summed E-state index contributed by atoms with van der Waals surface area (Å²) in [6, 6.07) is 14.4. The zero-order valence-electron chi connectivity index (χ0n) is 18.5. The Morgan fingerprint density at radius 3 is 2.26 bits per heavy atom. The second kappa shape index (κ2) is 10.0. The first kappa shape index (κ1) is 22.2. The molecule has 1 amide bonds. The van der Waals surface area contributed by atoms with E-state index in [2.05, 4.69) is 19.0 Å². The van der Waals surface area contributed by atoms with Crippen molar-refractivity contribution in [1.82, 2.24) is 10.1 Å². The molecule has 0 radical (unpaired) electrons. The number of hydrogen-bond acceptors (Lipinski definition) is 6. The fourth-order valence-corrected chi connectivity index (χ4v) is 3.29. The molecule has 31 heavy (non-hydrogen) atoms. The van der Waals surface area contributed by atoms with Gasteiger partial charge < -0.3 is 23.6 Å². The highest BCUT2D eigenvalue weighted by Gasteiger charge is 2.20. The number of methoxy groups -OCH3 is 3. The molecule has 1 heterocycles. The summed E-state index contributed by atoms with van der Waals surface area (Å²) in [5.74, 6) is 2.82. The van der Waals surface area contributed by atoms with Gasteiger partial charge in [-0.2, -0.15) is 0 Å². The molecule has 0 spiro atoms. The van der Waals surface area contributed by atoms with Crippen molar-refractivity contribution in [2.75, 3.05) is 27.9 Å². The number of carbonyl (C=O) groups is 1. The summed E-state index contributed by atoms with van der Waals surface area (Å²) >= 11 is 0. The Labute approximate surface area is 182 Å². The SMILES string of the molecule is COc1ccc(C(=O)N(Cc2cc(-c3ccc(OC)cc3OC)on2)CC(C)C)cc1. The number of nitrogens with zero attached hydrogens (tertiary/aromatic N) is 2. The molecule has 3 aromatic rings. The number of carbonyl (C=O) groups excluding carboxylic acids is 1. The van der Waals surface area contributed by atoms with Gasteiger partial charge in [0.25, 0.3) is 5.91 Å². The number of ether oxygens (including phenoxy) is 3. The normalized spacial score (nSPS) is 10.8. The van der Waals surface area contributed by atoms with Crippen LogP contribution in [0, 0.1) is 5.92 Å². The van der Waals surface area contributed by atoms with Gasteiger partial charge in [0, 0.05) is 24.2 Å². The maximum atomic E-state index is 13.1. The van der Waals surface area contributed by atoms with E-state index in [4.69, 9.17) is 18.7 Å². The van der Waals surface area contributed by atoms with Gasteiger partial charge in [-0.3, -0.25) is 4.79 Å². The summed E-state index contributed by atoms with van der Waals surface area (Å²) in [5, 5.41) is 4.19. The lowest BCUT2D eigenvalue weighted by atomic mass is 10.1. The van der Waals surface area contributed by atoms with E-state index in [0.717, 1.165) is 5.56 Å². The van der Waals surface area contributed by atoms with Crippen molar-refractivity contribution in [3.05, 3.63) is 59.8 Å². The molecule has 0 saturated carbocycles. The van der Waals surface area contributed by atoms with Crippen LogP contribution >= 0.6 is 0 Å². The van der Waals surface area contributed by atoms with Gasteiger partial charge in [-0.1, -0.05) is 19.0 Å². The molecule has 0 N–H and O–H groups in total. The third kappa shape index (κ3) is 5.36. The lowest BCUT2D eigenvalue weighted by Gasteiger charge is -2.23. The molecule has 1 aromatic heterocycles. The van der Waals surface area contributed by atoms with Gasteiger partial charge in [-0.25, -0.2) is 0 Å². The van der Waals surface area contributed by atoms with Crippen molar-refractivity contribution in [2.24, 2.45) is 5.92 Å². The maximum absolute atomic E-state index is 13.1. The van der Waals surface area contributed by atoms with E-state index in [-0.39, 0.29) is 5.91 Å². The molecule has 0 atom stereocenters. The number of rotatable bonds is 9. The maximum Gasteiger partial charge on any atom is 0.254 e. The van der Waals surface area contributed by atoms with Crippen LogP contribution in [0.4, 0.5) is 0 Å². The van der Waals surface area contributed by atoms with E-state index in [0.29, 0.717) is 53.3 Å². The Bertz CT molecular complexity index is 1010. The third-order valence-electron chi connectivity index (χ3n) is 4.80. The van der Waals surface area contributed by atoms with Crippen LogP contribution in [0.25, 0.3) is 11.3 Å². The zero-order valence-corrected chi connectivity index (χ0v) is 18.5. The van der Waals surface area contributed by atoms with Crippen molar-refractivity contribution in [3.63, 3.8) is 0 Å². The van der Waals surface area contributed by atoms with Crippen molar-refractivity contribution in [3.8, 4) is 28.6 Å². The first-order chi connectivity index (χ1) is 14.9. The molecule has 3 rings (SSSR count). The second-order valence-electron chi connectivity index (χ2n) is 7.56. The summed E-state index contributed by atoms with van der Waals surface area (Å²) in [5.41, 5.74) is 2.02. The highest BCUT2D eigenvalue weighted by Crippen LogP contribution is 2.33. The van der Waals surface area contributed by atoms with E-state index in [9.17, 15) is 4.79 Å². The standard InChI is InChI=1S/C24H28N2O5/c1-16(2)14-26(24(27)17-6-8-19(28-3)9-7-17)15-18-12-23(31-25-18)21-11-10-20(29-4)13-22(21)30-5/h6-13,16H,14-15H2,1-5H3. The molecule has 0 fully saturated rings. The van der Waals surface area contributed by atoms with Crippen molar-refractivity contribution < 1.29 is 23.5 Å². The zero-order chi connectivity index (χ0) is 22.4. The summed E-state index contributed by atoms with van der Waals surface area (Å²) in [6.45, 7) is 5.08. The molecular weight excluding hydrogens is 396 g/mol. The van der Waals surface area contributed by atoms with Gasteiger partial charge in [-0.05, 0) is 42.3 Å². The Hall–Kier alpha value is -3.48. The molecule has 2 aromatic carbocycles. The van der Waals surface area contributed by atoms with Crippen LogP contribution in [-0.2, 0) is 6.54 Å². The van der Waals surface area contributed by atoms with E-state index < -0.39 is 0 Å². The minimum Gasteiger partial charge on any atom is -0.497 e. The molecule has 7 heteroatoms. The van der Waals surface area contributed by atoms with Crippen LogP contribution in [0.3, 0.4) is 0 Å². The molecule has 7 nitrogen and oxygen atoms in total. The quantitative estimate of drug-likeness (QED) is 0.497. The number of hydrogen-bond donors (Lipinski definition) is 0. The van der Waals surface area contributed by atoms with Crippen LogP contribution in [0.2, 0.25) is 0 Å². The van der Waals surface area contributed by atoms with Crippen LogP contribution < -0.4 is 14.2 Å². The molecule has 0 aliphatic carbocycles. The van der Waals surface area contributed by atoms with Gasteiger partial charge in [-0.15, -0.1) is 0 Å². The van der Waals surface area contributed by atoms with Gasteiger partial charge in [0.05, 0.1) is 33.4 Å².